The van der Waals surface area contributed by atoms with Gasteiger partial charge in [-0.15, -0.1) is 5.10 Å². The molecule has 1 aromatic carbocycles. The molecule has 0 spiro atoms. The number of amides is 1. The molecule has 1 aliphatic heterocycles. The molecule has 0 radical (unpaired) electrons. The van der Waals surface area contributed by atoms with Crippen LogP contribution in [-0.2, 0) is 4.79 Å². The Bertz CT molecular complexity index is 809. The van der Waals surface area contributed by atoms with Crippen LogP contribution in [0.1, 0.15) is 45.4 Å². The average Bonchev–Trinajstić information content (AvgIpc) is 3.20. The quantitative estimate of drug-likeness (QED) is 0.691. The Hall–Kier alpha value is -2.09. The zero-order chi connectivity index (χ0) is 19.3. The topological polar surface area (TPSA) is 73.1 Å². The van der Waals surface area contributed by atoms with E-state index in [4.69, 9.17) is 4.74 Å². The Balaban J connectivity index is 1.45. The molecule has 4 rings (SSSR count). The number of hydrogen-bond acceptors (Lipinski definition) is 6. The first kappa shape index (κ1) is 19.2. The number of tetrazole rings is 1. The molecule has 1 saturated heterocycles. The van der Waals surface area contributed by atoms with E-state index in [0.29, 0.717) is 29.5 Å². The summed E-state index contributed by atoms with van der Waals surface area (Å²) < 4.78 is 7.35. The van der Waals surface area contributed by atoms with Gasteiger partial charge in [0.25, 0.3) is 0 Å². The molecule has 2 aromatic rings. The predicted octanol–water partition coefficient (Wildman–Crippen LogP) is 3.33. The highest BCUT2D eigenvalue weighted by Crippen LogP contribution is 2.36. The summed E-state index contributed by atoms with van der Waals surface area (Å²) in [4.78, 5) is 15.1. The van der Waals surface area contributed by atoms with Crippen molar-refractivity contribution in [3.63, 3.8) is 0 Å². The Kier molecular flexibility index (Phi) is 6.14. The number of aromatic nitrogens is 4. The van der Waals surface area contributed by atoms with Crippen LogP contribution in [0.25, 0.3) is 5.69 Å². The van der Waals surface area contributed by atoms with E-state index in [0.717, 1.165) is 30.8 Å². The summed E-state index contributed by atoms with van der Waals surface area (Å²) in [6.45, 7) is 3.40. The van der Waals surface area contributed by atoms with Crippen molar-refractivity contribution in [3.05, 3.63) is 24.3 Å². The number of carbonyl (C=O) groups is 1. The number of fused-ring (bicyclic) bond motifs is 1. The van der Waals surface area contributed by atoms with Gasteiger partial charge in [0, 0.05) is 12.6 Å². The first-order valence-corrected chi connectivity index (χ1v) is 11.2. The Morgan fingerprint density at radius 1 is 1.21 bits per heavy atom. The van der Waals surface area contributed by atoms with Gasteiger partial charge in [-0.25, -0.2) is 0 Å². The number of thioether (sulfide) groups is 1. The highest BCUT2D eigenvalue weighted by molar-refractivity contribution is 7.99. The Labute approximate surface area is 169 Å². The minimum absolute atomic E-state index is 0.203. The second kappa shape index (κ2) is 8.94. The fraction of sp³-hybridized carbons (Fsp3) is 0.600. The number of para-hydroxylation sites is 2. The number of likely N-dealkylation sites (tertiary alicyclic amines) is 1. The number of benzene rings is 1. The van der Waals surface area contributed by atoms with Crippen LogP contribution in [0.5, 0.6) is 5.75 Å². The van der Waals surface area contributed by atoms with E-state index in [-0.39, 0.29) is 5.91 Å². The molecule has 8 heteroatoms. The van der Waals surface area contributed by atoms with Crippen LogP contribution >= 0.6 is 11.8 Å². The lowest BCUT2D eigenvalue weighted by Gasteiger charge is -2.44. The lowest BCUT2D eigenvalue weighted by molar-refractivity contribution is -0.134. The molecule has 7 nitrogen and oxygen atoms in total. The van der Waals surface area contributed by atoms with Crippen LogP contribution in [0.15, 0.2) is 29.4 Å². The standard InChI is InChI=1S/C20H27N5O2S/c1-2-27-18-12-6-5-11-17(18)25-20(21-22-23-25)28-14-19(26)24-13-7-9-15-8-3-4-10-16(15)24/h5-6,11-12,15-16H,2-4,7-10,13-14H2,1H3. The molecule has 0 N–H and O–H groups in total. The third kappa shape index (κ3) is 4.01. The van der Waals surface area contributed by atoms with Gasteiger partial charge < -0.3 is 9.64 Å². The Morgan fingerprint density at radius 2 is 2.04 bits per heavy atom. The van der Waals surface area contributed by atoms with E-state index in [1.54, 1.807) is 4.68 Å². The average molecular weight is 402 g/mol. The summed E-state index contributed by atoms with van der Waals surface area (Å²) >= 11 is 1.40. The van der Waals surface area contributed by atoms with Gasteiger partial charge in [0.15, 0.2) is 0 Å². The zero-order valence-electron chi connectivity index (χ0n) is 16.3. The number of nitrogens with zero attached hydrogens (tertiary/aromatic N) is 5. The van der Waals surface area contributed by atoms with Crippen LogP contribution in [-0.4, -0.2) is 56.0 Å². The van der Waals surface area contributed by atoms with E-state index in [1.807, 2.05) is 31.2 Å². The second-order valence-electron chi connectivity index (χ2n) is 7.40. The molecule has 0 bridgehead atoms. The van der Waals surface area contributed by atoms with Gasteiger partial charge in [-0.05, 0) is 61.1 Å². The number of carbonyl (C=O) groups excluding carboxylic acids is 1. The van der Waals surface area contributed by atoms with Crippen LogP contribution in [0, 0.1) is 5.92 Å². The van der Waals surface area contributed by atoms with Crippen molar-refractivity contribution < 1.29 is 9.53 Å². The first-order chi connectivity index (χ1) is 13.8. The fourth-order valence-electron chi connectivity index (χ4n) is 4.47. The normalized spacial score (nSPS) is 22.0. The molecule has 1 amide bonds. The molecular weight excluding hydrogens is 374 g/mol. The fourth-order valence-corrected chi connectivity index (χ4v) is 5.24. The number of piperidine rings is 1. The molecule has 28 heavy (non-hydrogen) atoms. The summed E-state index contributed by atoms with van der Waals surface area (Å²) in [5, 5.41) is 12.7. The molecule has 2 heterocycles. The largest absolute Gasteiger partial charge is 0.492 e. The van der Waals surface area contributed by atoms with Crippen molar-refractivity contribution in [1.29, 1.82) is 0 Å². The summed E-state index contributed by atoms with van der Waals surface area (Å²) in [5.41, 5.74) is 0.787. The molecule has 150 valence electrons. The maximum atomic E-state index is 13.0. The SMILES string of the molecule is CCOc1ccccc1-n1nnnc1SCC(=O)N1CCCC2CCCCC21. The van der Waals surface area contributed by atoms with Crippen molar-refractivity contribution in [1.82, 2.24) is 25.1 Å². The minimum atomic E-state index is 0.203. The number of hydrogen-bond donors (Lipinski definition) is 0. The maximum absolute atomic E-state index is 13.0. The molecular formula is C20H27N5O2S. The highest BCUT2D eigenvalue weighted by atomic mass is 32.2. The lowest BCUT2D eigenvalue weighted by atomic mass is 9.78. The second-order valence-corrected chi connectivity index (χ2v) is 8.35. The molecule has 1 aliphatic carbocycles. The van der Waals surface area contributed by atoms with E-state index in [2.05, 4.69) is 20.4 Å². The summed E-state index contributed by atoms with van der Waals surface area (Å²) in [5.74, 6) is 1.99. The molecule has 2 unspecified atom stereocenters. The molecule has 2 aliphatic rings. The number of rotatable bonds is 6. The van der Waals surface area contributed by atoms with Crippen molar-refractivity contribution in [2.24, 2.45) is 5.92 Å². The summed E-state index contributed by atoms with van der Waals surface area (Å²) in [7, 11) is 0. The van der Waals surface area contributed by atoms with Crippen LogP contribution in [0.2, 0.25) is 0 Å². The van der Waals surface area contributed by atoms with Crippen molar-refractivity contribution >= 4 is 17.7 Å². The van der Waals surface area contributed by atoms with Gasteiger partial charge in [-0.2, -0.15) is 4.68 Å². The van der Waals surface area contributed by atoms with Gasteiger partial charge in [0.2, 0.25) is 11.1 Å². The van der Waals surface area contributed by atoms with Crippen LogP contribution in [0.4, 0.5) is 0 Å². The van der Waals surface area contributed by atoms with Crippen molar-refractivity contribution in [3.8, 4) is 11.4 Å². The summed E-state index contributed by atoms with van der Waals surface area (Å²) in [6.07, 6.45) is 7.37. The van der Waals surface area contributed by atoms with Gasteiger partial charge >= 0.3 is 0 Å². The highest BCUT2D eigenvalue weighted by Gasteiger charge is 2.35. The van der Waals surface area contributed by atoms with E-state index in [9.17, 15) is 4.79 Å². The number of ether oxygens (including phenoxy) is 1. The monoisotopic (exact) mass is 401 g/mol. The maximum Gasteiger partial charge on any atom is 0.233 e. The molecule has 2 atom stereocenters. The van der Waals surface area contributed by atoms with Crippen LogP contribution < -0.4 is 4.74 Å². The minimum Gasteiger partial charge on any atom is -0.492 e. The van der Waals surface area contributed by atoms with E-state index < -0.39 is 0 Å². The smallest absolute Gasteiger partial charge is 0.233 e. The molecule has 1 aromatic heterocycles. The van der Waals surface area contributed by atoms with Gasteiger partial charge in [0.1, 0.15) is 11.4 Å². The van der Waals surface area contributed by atoms with E-state index >= 15 is 0 Å². The predicted molar refractivity (Wildman–Crippen MR) is 108 cm³/mol. The van der Waals surface area contributed by atoms with Crippen molar-refractivity contribution in [2.75, 3.05) is 18.9 Å². The van der Waals surface area contributed by atoms with Crippen LogP contribution in [0.3, 0.4) is 0 Å². The van der Waals surface area contributed by atoms with Gasteiger partial charge in [0.05, 0.1) is 12.4 Å². The van der Waals surface area contributed by atoms with Crippen molar-refractivity contribution in [2.45, 2.75) is 56.6 Å². The molecule has 2 fully saturated rings. The first-order valence-electron chi connectivity index (χ1n) is 10.2. The van der Waals surface area contributed by atoms with Gasteiger partial charge in [-0.3, -0.25) is 4.79 Å². The third-order valence-corrected chi connectivity index (χ3v) is 6.63. The summed E-state index contributed by atoms with van der Waals surface area (Å²) in [6, 6.07) is 8.11. The van der Waals surface area contributed by atoms with E-state index in [1.165, 1.54) is 37.4 Å². The third-order valence-electron chi connectivity index (χ3n) is 5.72. The Morgan fingerprint density at radius 3 is 2.93 bits per heavy atom. The molecule has 1 saturated carbocycles. The lowest BCUT2D eigenvalue weighted by Crippen LogP contribution is -2.50. The van der Waals surface area contributed by atoms with Gasteiger partial charge in [-0.1, -0.05) is 36.7 Å². The zero-order valence-corrected chi connectivity index (χ0v) is 17.1.